The van der Waals surface area contributed by atoms with E-state index >= 15 is 0 Å². The van der Waals surface area contributed by atoms with Crippen LogP contribution < -0.4 is 5.32 Å². The van der Waals surface area contributed by atoms with E-state index in [9.17, 15) is 0 Å². The smallest absolute Gasteiger partial charge is 0.232 e. The SMILES string of the molecule is Cc1c(-c2ccc(Cl)cc2)oc2ncnc(Nc3ccccn3)c12. The van der Waals surface area contributed by atoms with E-state index in [4.69, 9.17) is 16.0 Å². The van der Waals surface area contributed by atoms with Crippen LogP contribution in [0.2, 0.25) is 5.02 Å². The predicted octanol–water partition coefficient (Wildman–Crippen LogP) is 4.99. The second kappa shape index (κ2) is 5.94. The molecule has 6 heteroatoms. The van der Waals surface area contributed by atoms with Crippen LogP contribution in [-0.2, 0) is 0 Å². The molecule has 0 aliphatic carbocycles. The van der Waals surface area contributed by atoms with E-state index in [2.05, 4.69) is 20.3 Å². The summed E-state index contributed by atoms with van der Waals surface area (Å²) in [6, 6.07) is 13.2. The normalized spacial score (nSPS) is 10.9. The number of pyridine rings is 1. The molecule has 1 aromatic carbocycles. The number of benzene rings is 1. The first-order valence-electron chi connectivity index (χ1n) is 7.40. The first-order chi connectivity index (χ1) is 11.7. The van der Waals surface area contributed by atoms with Crippen LogP contribution in [0.5, 0.6) is 0 Å². The molecule has 0 unspecified atom stereocenters. The third-order valence-corrected chi connectivity index (χ3v) is 4.00. The number of anilines is 2. The van der Waals surface area contributed by atoms with Crippen LogP contribution in [0.25, 0.3) is 22.4 Å². The number of aryl methyl sites for hydroxylation is 1. The van der Waals surface area contributed by atoms with Gasteiger partial charge in [0.05, 0.1) is 5.39 Å². The number of fused-ring (bicyclic) bond motifs is 1. The van der Waals surface area contributed by atoms with Crippen molar-refractivity contribution in [1.29, 1.82) is 0 Å². The third-order valence-electron chi connectivity index (χ3n) is 3.74. The first-order valence-corrected chi connectivity index (χ1v) is 7.78. The van der Waals surface area contributed by atoms with Crippen LogP contribution in [0.1, 0.15) is 5.56 Å². The first kappa shape index (κ1) is 14.7. The molecule has 0 aliphatic rings. The lowest BCUT2D eigenvalue weighted by atomic mass is 10.1. The summed E-state index contributed by atoms with van der Waals surface area (Å²) < 4.78 is 5.95. The monoisotopic (exact) mass is 336 g/mol. The minimum atomic E-state index is 0.533. The highest BCUT2D eigenvalue weighted by Crippen LogP contribution is 2.35. The number of hydrogen-bond donors (Lipinski definition) is 1. The topological polar surface area (TPSA) is 63.8 Å². The van der Waals surface area contributed by atoms with Gasteiger partial charge in [0, 0.05) is 22.3 Å². The maximum atomic E-state index is 5.96. The molecule has 0 aliphatic heterocycles. The predicted molar refractivity (Wildman–Crippen MR) is 94.5 cm³/mol. The van der Waals surface area contributed by atoms with Gasteiger partial charge in [-0.2, -0.15) is 0 Å². The zero-order valence-corrected chi connectivity index (χ0v) is 13.6. The Balaban J connectivity index is 1.84. The van der Waals surface area contributed by atoms with Crippen molar-refractivity contribution in [2.75, 3.05) is 5.32 Å². The molecule has 4 rings (SSSR count). The van der Waals surface area contributed by atoms with Gasteiger partial charge >= 0.3 is 0 Å². The highest BCUT2D eigenvalue weighted by Gasteiger charge is 2.17. The van der Waals surface area contributed by atoms with Crippen LogP contribution in [0.4, 0.5) is 11.6 Å². The zero-order valence-electron chi connectivity index (χ0n) is 12.8. The number of hydrogen-bond acceptors (Lipinski definition) is 5. The molecular formula is C18H13ClN4O. The minimum absolute atomic E-state index is 0.533. The van der Waals surface area contributed by atoms with Crippen LogP contribution >= 0.6 is 11.6 Å². The highest BCUT2D eigenvalue weighted by atomic mass is 35.5. The number of nitrogens with one attached hydrogen (secondary N) is 1. The van der Waals surface area contributed by atoms with E-state index in [0.717, 1.165) is 22.3 Å². The van der Waals surface area contributed by atoms with Gasteiger partial charge in [-0.1, -0.05) is 17.7 Å². The highest BCUT2D eigenvalue weighted by molar-refractivity contribution is 6.30. The third kappa shape index (κ3) is 2.59. The molecule has 0 amide bonds. The standard InChI is InChI=1S/C18H13ClN4O/c1-11-15-17(23-14-4-2-3-9-20-14)21-10-22-18(15)24-16(11)12-5-7-13(19)8-6-12/h2-10H,1H3,(H,20,21,22,23). The Bertz CT molecular complexity index is 997. The Hall–Kier alpha value is -2.92. The van der Waals surface area contributed by atoms with Gasteiger partial charge in [-0.25, -0.2) is 15.0 Å². The quantitative estimate of drug-likeness (QED) is 0.571. The van der Waals surface area contributed by atoms with E-state index in [1.54, 1.807) is 6.20 Å². The minimum Gasteiger partial charge on any atom is -0.437 e. The lowest BCUT2D eigenvalue weighted by Gasteiger charge is -2.05. The van der Waals surface area contributed by atoms with Gasteiger partial charge in [-0.3, -0.25) is 0 Å². The molecule has 0 saturated carbocycles. The molecule has 4 aromatic rings. The fourth-order valence-electron chi connectivity index (χ4n) is 2.60. The largest absolute Gasteiger partial charge is 0.437 e. The Morgan fingerprint density at radius 3 is 2.58 bits per heavy atom. The van der Waals surface area contributed by atoms with Crippen molar-refractivity contribution in [2.24, 2.45) is 0 Å². The van der Waals surface area contributed by atoms with Gasteiger partial charge in [-0.05, 0) is 43.3 Å². The Labute approximate surface area is 143 Å². The molecular weight excluding hydrogens is 324 g/mol. The van der Waals surface area contributed by atoms with Gasteiger partial charge in [-0.15, -0.1) is 0 Å². The molecule has 5 nitrogen and oxygen atoms in total. The Kier molecular flexibility index (Phi) is 3.63. The van der Waals surface area contributed by atoms with Gasteiger partial charge < -0.3 is 9.73 Å². The summed E-state index contributed by atoms with van der Waals surface area (Å²) in [4.78, 5) is 12.9. The summed E-state index contributed by atoms with van der Waals surface area (Å²) in [5.74, 6) is 2.14. The fraction of sp³-hybridized carbons (Fsp3) is 0.0556. The summed E-state index contributed by atoms with van der Waals surface area (Å²) in [5, 5.41) is 4.74. The molecule has 0 fully saturated rings. The van der Waals surface area contributed by atoms with Crippen molar-refractivity contribution in [3.63, 3.8) is 0 Å². The summed E-state index contributed by atoms with van der Waals surface area (Å²) in [6.07, 6.45) is 3.20. The van der Waals surface area contributed by atoms with Gasteiger partial charge in [0.25, 0.3) is 0 Å². The average molecular weight is 337 g/mol. The maximum absolute atomic E-state index is 5.96. The maximum Gasteiger partial charge on any atom is 0.232 e. The summed E-state index contributed by atoms with van der Waals surface area (Å²) in [7, 11) is 0. The Morgan fingerprint density at radius 1 is 1.00 bits per heavy atom. The molecule has 0 saturated heterocycles. The number of nitrogens with zero attached hydrogens (tertiary/aromatic N) is 3. The summed E-state index contributed by atoms with van der Waals surface area (Å²) in [5.41, 5.74) is 2.44. The number of rotatable bonds is 3. The average Bonchev–Trinajstić information content (AvgIpc) is 2.94. The Morgan fingerprint density at radius 2 is 1.83 bits per heavy atom. The molecule has 0 radical (unpaired) electrons. The molecule has 118 valence electrons. The number of aromatic nitrogens is 3. The van der Waals surface area contributed by atoms with Crippen molar-refractivity contribution in [1.82, 2.24) is 15.0 Å². The summed E-state index contributed by atoms with van der Waals surface area (Å²) >= 11 is 5.96. The van der Waals surface area contributed by atoms with Crippen LogP contribution in [-0.4, -0.2) is 15.0 Å². The van der Waals surface area contributed by atoms with Gasteiger partial charge in [0.1, 0.15) is 23.7 Å². The van der Waals surface area contributed by atoms with Gasteiger partial charge in [0.2, 0.25) is 5.71 Å². The van der Waals surface area contributed by atoms with E-state index in [1.807, 2.05) is 49.4 Å². The van der Waals surface area contributed by atoms with E-state index < -0.39 is 0 Å². The molecule has 24 heavy (non-hydrogen) atoms. The molecule has 0 bridgehead atoms. The van der Waals surface area contributed by atoms with Crippen LogP contribution in [0, 0.1) is 6.92 Å². The fourth-order valence-corrected chi connectivity index (χ4v) is 2.73. The number of halogens is 1. The van der Waals surface area contributed by atoms with E-state index in [-0.39, 0.29) is 0 Å². The number of furan rings is 1. The lowest BCUT2D eigenvalue weighted by molar-refractivity contribution is 0.615. The van der Waals surface area contributed by atoms with E-state index in [0.29, 0.717) is 22.4 Å². The summed E-state index contributed by atoms with van der Waals surface area (Å²) in [6.45, 7) is 1.99. The van der Waals surface area contributed by atoms with Crippen molar-refractivity contribution in [2.45, 2.75) is 6.92 Å². The molecule has 0 spiro atoms. The van der Waals surface area contributed by atoms with Gasteiger partial charge in [0.15, 0.2) is 0 Å². The van der Waals surface area contributed by atoms with Crippen molar-refractivity contribution < 1.29 is 4.42 Å². The molecule has 1 N–H and O–H groups in total. The molecule has 3 aromatic heterocycles. The van der Waals surface area contributed by atoms with Crippen molar-refractivity contribution >= 4 is 34.3 Å². The van der Waals surface area contributed by atoms with Crippen LogP contribution in [0.3, 0.4) is 0 Å². The van der Waals surface area contributed by atoms with E-state index in [1.165, 1.54) is 6.33 Å². The van der Waals surface area contributed by atoms with Crippen molar-refractivity contribution in [3.05, 3.63) is 65.6 Å². The van der Waals surface area contributed by atoms with Crippen molar-refractivity contribution in [3.8, 4) is 11.3 Å². The van der Waals surface area contributed by atoms with Crippen LogP contribution in [0.15, 0.2) is 59.4 Å². The second-order valence-electron chi connectivity index (χ2n) is 5.31. The second-order valence-corrected chi connectivity index (χ2v) is 5.74. The lowest BCUT2D eigenvalue weighted by Crippen LogP contribution is -1.97. The molecule has 3 heterocycles. The zero-order chi connectivity index (χ0) is 16.5. The molecule has 0 atom stereocenters.